The number of pyridine rings is 1. The van der Waals surface area contributed by atoms with Crippen molar-refractivity contribution >= 4 is 24.5 Å². The fraction of sp³-hybridized carbons (Fsp3) is 0.571. The average Bonchev–Trinajstić information content (AvgIpc) is 2.88. The number of para-hydroxylation sites is 1. The Bertz CT molecular complexity index is 1370. The van der Waals surface area contributed by atoms with Gasteiger partial charge in [-0.15, -0.1) is 10.2 Å². The predicted molar refractivity (Wildman–Crippen MR) is 151 cm³/mol. The molecule has 0 bridgehead atoms. The topological polar surface area (TPSA) is 145 Å². The second-order valence-electron chi connectivity index (χ2n) is 11.5. The minimum atomic E-state index is -2.22. The van der Waals surface area contributed by atoms with Gasteiger partial charge in [0, 0.05) is 30.5 Å². The maximum Gasteiger partial charge on any atom is 0.306 e. The Hall–Kier alpha value is -2.97. The van der Waals surface area contributed by atoms with E-state index >= 15 is 0 Å². The SMILES string of the molecule is Cc1c(CN(C)C)c(O)n(C2CCP(C)(=O)CC2)c(=O)c1N=Nc1cccc(C2CCCC(C(=O)O)C2)c1O. The summed E-state index contributed by atoms with van der Waals surface area (Å²) >= 11 is 0. The summed E-state index contributed by atoms with van der Waals surface area (Å²) in [6, 6.07) is 4.85. The number of carboxylic acid groups (broad SMARTS) is 1. The van der Waals surface area contributed by atoms with Crippen LogP contribution in [-0.4, -0.2) is 63.8 Å². The molecule has 2 fully saturated rings. The highest BCUT2D eigenvalue weighted by Gasteiger charge is 2.32. The van der Waals surface area contributed by atoms with Crippen LogP contribution in [0.5, 0.6) is 11.6 Å². The molecular weight excluding hydrogens is 519 g/mol. The van der Waals surface area contributed by atoms with Gasteiger partial charge in [0.2, 0.25) is 0 Å². The summed E-state index contributed by atoms with van der Waals surface area (Å²) in [5, 5.41) is 40.3. The first kappa shape index (κ1) is 29.0. The van der Waals surface area contributed by atoms with E-state index in [-0.39, 0.29) is 35.0 Å². The van der Waals surface area contributed by atoms with Crippen molar-refractivity contribution in [3.05, 3.63) is 45.2 Å². The fourth-order valence-corrected chi connectivity index (χ4v) is 7.82. The first-order chi connectivity index (χ1) is 18.4. The minimum absolute atomic E-state index is 0.0615. The zero-order valence-electron chi connectivity index (χ0n) is 23.1. The summed E-state index contributed by atoms with van der Waals surface area (Å²) in [5.41, 5.74) is 1.53. The molecule has 11 heteroatoms. The molecule has 1 saturated carbocycles. The Morgan fingerprint density at radius 3 is 2.46 bits per heavy atom. The van der Waals surface area contributed by atoms with Gasteiger partial charge < -0.3 is 24.8 Å². The van der Waals surface area contributed by atoms with Crippen molar-refractivity contribution in [1.29, 1.82) is 0 Å². The van der Waals surface area contributed by atoms with Crippen LogP contribution < -0.4 is 5.56 Å². The van der Waals surface area contributed by atoms with Crippen LogP contribution in [0.15, 0.2) is 33.2 Å². The molecule has 1 aliphatic heterocycles. The second-order valence-corrected chi connectivity index (χ2v) is 15.0. The number of aliphatic carboxylic acids is 1. The van der Waals surface area contributed by atoms with E-state index in [0.717, 1.165) is 12.8 Å². The number of phenolic OH excluding ortho intramolecular Hbond substituents is 1. The highest BCUT2D eigenvalue weighted by molar-refractivity contribution is 7.63. The number of phenols is 1. The molecule has 3 N–H and O–H groups in total. The summed E-state index contributed by atoms with van der Waals surface area (Å²) in [4.78, 5) is 27.1. The van der Waals surface area contributed by atoms with Gasteiger partial charge in [-0.2, -0.15) is 0 Å². The Kier molecular flexibility index (Phi) is 8.66. The summed E-state index contributed by atoms with van der Waals surface area (Å²) in [6.45, 7) is 3.89. The van der Waals surface area contributed by atoms with E-state index in [0.29, 0.717) is 61.2 Å². The Labute approximate surface area is 228 Å². The number of hydrogen-bond acceptors (Lipinski definition) is 8. The molecule has 2 aromatic rings. The quantitative estimate of drug-likeness (QED) is 0.291. The van der Waals surface area contributed by atoms with Gasteiger partial charge in [0.15, 0.2) is 11.6 Å². The van der Waals surface area contributed by atoms with Gasteiger partial charge in [0.25, 0.3) is 5.56 Å². The monoisotopic (exact) mass is 558 g/mol. The van der Waals surface area contributed by atoms with Crippen molar-refractivity contribution in [3.63, 3.8) is 0 Å². The molecule has 0 amide bonds. The van der Waals surface area contributed by atoms with Gasteiger partial charge in [-0.3, -0.25) is 14.2 Å². The highest BCUT2D eigenvalue weighted by Crippen LogP contribution is 2.50. The third kappa shape index (κ3) is 6.28. The summed E-state index contributed by atoms with van der Waals surface area (Å²) in [5.74, 6) is -1.52. The lowest BCUT2D eigenvalue weighted by molar-refractivity contribution is -0.143. The van der Waals surface area contributed by atoms with E-state index in [9.17, 15) is 29.5 Å². The average molecular weight is 559 g/mol. The lowest BCUT2D eigenvalue weighted by atomic mass is 9.77. The molecule has 0 spiro atoms. The maximum absolute atomic E-state index is 13.7. The molecule has 212 valence electrons. The molecule has 2 heterocycles. The van der Waals surface area contributed by atoms with Gasteiger partial charge in [0.05, 0.1) is 13.1 Å². The Morgan fingerprint density at radius 2 is 1.82 bits per heavy atom. The number of benzene rings is 1. The van der Waals surface area contributed by atoms with Crippen LogP contribution in [0, 0.1) is 12.8 Å². The van der Waals surface area contributed by atoms with Crippen LogP contribution in [0.3, 0.4) is 0 Å². The van der Waals surface area contributed by atoms with Crippen LogP contribution >= 0.6 is 7.14 Å². The smallest absolute Gasteiger partial charge is 0.306 e. The molecule has 2 aliphatic rings. The molecule has 2 unspecified atom stereocenters. The van der Waals surface area contributed by atoms with Crippen molar-refractivity contribution in [2.24, 2.45) is 16.1 Å². The highest BCUT2D eigenvalue weighted by atomic mass is 31.2. The van der Waals surface area contributed by atoms with Crippen LogP contribution in [-0.2, 0) is 15.9 Å². The molecule has 1 aromatic carbocycles. The third-order valence-corrected chi connectivity index (χ3v) is 10.6. The standard InChI is InChI=1S/C28H39N4O6P/c1-17-22(16-31(2)3)26(34)32(20-11-13-39(4,38)14-12-20)27(35)24(17)30-29-23-10-6-9-21(25(23)33)18-7-5-8-19(15-18)28(36)37/h6,9-10,18-20,33-34H,5,7-8,11-16H2,1-4H3,(H,36,37). The van der Waals surface area contributed by atoms with Crippen LogP contribution in [0.25, 0.3) is 0 Å². The number of hydrogen-bond donors (Lipinski definition) is 3. The number of azo groups is 1. The first-order valence-corrected chi connectivity index (χ1v) is 16.1. The van der Waals surface area contributed by atoms with Crippen molar-refractivity contribution < 1.29 is 24.7 Å². The predicted octanol–water partition coefficient (Wildman–Crippen LogP) is 5.73. The number of aromatic hydroxyl groups is 2. The lowest BCUT2D eigenvalue weighted by Gasteiger charge is -2.30. The normalized spacial score (nSPS) is 25.8. The van der Waals surface area contributed by atoms with Gasteiger partial charge >= 0.3 is 5.97 Å². The fourth-order valence-electron chi connectivity index (χ4n) is 5.91. The number of aromatic nitrogens is 1. The van der Waals surface area contributed by atoms with Crippen molar-refractivity contribution in [2.45, 2.75) is 64.0 Å². The van der Waals surface area contributed by atoms with E-state index in [4.69, 9.17) is 0 Å². The lowest BCUT2D eigenvalue weighted by Crippen LogP contribution is -2.30. The van der Waals surface area contributed by atoms with Crippen LogP contribution in [0.1, 0.15) is 67.2 Å². The Balaban J connectivity index is 1.73. The van der Waals surface area contributed by atoms with E-state index in [1.54, 1.807) is 31.8 Å². The van der Waals surface area contributed by atoms with Crippen molar-refractivity contribution in [3.8, 4) is 11.6 Å². The number of nitrogens with zero attached hydrogens (tertiary/aromatic N) is 4. The molecule has 1 saturated heterocycles. The summed E-state index contributed by atoms with van der Waals surface area (Å²) in [7, 11) is 1.51. The number of carboxylic acids is 1. The number of carbonyl (C=O) groups is 1. The first-order valence-electron chi connectivity index (χ1n) is 13.5. The second kappa shape index (κ2) is 11.6. The van der Waals surface area contributed by atoms with Crippen LogP contribution in [0.4, 0.5) is 11.4 Å². The largest absolute Gasteiger partial charge is 0.505 e. The number of rotatable bonds is 7. The van der Waals surface area contributed by atoms with E-state index in [1.165, 1.54) is 4.57 Å². The minimum Gasteiger partial charge on any atom is -0.505 e. The molecule has 1 aromatic heterocycles. The summed E-state index contributed by atoms with van der Waals surface area (Å²) in [6.07, 6.45) is 4.72. The summed E-state index contributed by atoms with van der Waals surface area (Å²) < 4.78 is 13.9. The van der Waals surface area contributed by atoms with Crippen molar-refractivity contribution in [2.75, 3.05) is 33.1 Å². The molecule has 4 rings (SSSR count). The van der Waals surface area contributed by atoms with Gasteiger partial charge in [0.1, 0.15) is 11.4 Å². The molecule has 10 nitrogen and oxygen atoms in total. The van der Waals surface area contributed by atoms with Crippen molar-refractivity contribution in [1.82, 2.24) is 9.47 Å². The van der Waals surface area contributed by atoms with E-state index in [1.807, 2.05) is 19.0 Å². The molecule has 1 aliphatic carbocycles. The van der Waals surface area contributed by atoms with Crippen LogP contribution in [0.2, 0.25) is 0 Å². The third-order valence-electron chi connectivity index (χ3n) is 8.20. The van der Waals surface area contributed by atoms with E-state index in [2.05, 4.69) is 10.2 Å². The van der Waals surface area contributed by atoms with E-state index < -0.39 is 24.6 Å². The molecular formula is C28H39N4O6P. The van der Waals surface area contributed by atoms with Gasteiger partial charge in [-0.25, -0.2) is 0 Å². The van der Waals surface area contributed by atoms with Gasteiger partial charge in [-0.1, -0.05) is 18.6 Å². The maximum atomic E-state index is 13.7. The molecule has 39 heavy (non-hydrogen) atoms. The zero-order valence-corrected chi connectivity index (χ0v) is 24.0. The Morgan fingerprint density at radius 1 is 1.13 bits per heavy atom. The zero-order chi connectivity index (χ0) is 28.5. The molecule has 0 radical (unpaired) electrons. The van der Waals surface area contributed by atoms with Gasteiger partial charge in [-0.05, 0) is 82.9 Å². The molecule has 2 atom stereocenters.